The van der Waals surface area contributed by atoms with E-state index in [0.717, 1.165) is 11.1 Å². The lowest BCUT2D eigenvalue weighted by Crippen LogP contribution is -2.18. The van der Waals surface area contributed by atoms with Crippen LogP contribution in [0.1, 0.15) is 15.9 Å². The fraction of sp³-hybridized carbons (Fsp3) is 0.240. The van der Waals surface area contributed by atoms with E-state index in [1.807, 2.05) is 19.1 Å². The van der Waals surface area contributed by atoms with Crippen molar-refractivity contribution < 1.29 is 23.4 Å². The Morgan fingerprint density at radius 1 is 1.14 bits per heavy atom. The van der Waals surface area contributed by atoms with Gasteiger partial charge in [0.05, 0.1) is 31.3 Å². The van der Waals surface area contributed by atoms with Crippen molar-refractivity contribution in [3.05, 3.63) is 65.6 Å². The maximum atomic E-state index is 14.2. The molecule has 2 heterocycles. The van der Waals surface area contributed by atoms with Crippen molar-refractivity contribution in [3.63, 3.8) is 0 Å². The van der Waals surface area contributed by atoms with Crippen LogP contribution in [-0.2, 0) is 4.74 Å². The highest BCUT2D eigenvalue weighted by Gasteiger charge is 2.16. The number of hydrogen-bond donors (Lipinski definition) is 2. The molecule has 4 rings (SSSR count). The van der Waals surface area contributed by atoms with Gasteiger partial charge in [-0.15, -0.1) is 5.10 Å². The molecule has 0 aliphatic rings. The van der Waals surface area contributed by atoms with Gasteiger partial charge in [-0.05, 0) is 36.8 Å². The lowest BCUT2D eigenvalue weighted by Gasteiger charge is -2.12. The lowest BCUT2D eigenvalue weighted by molar-refractivity contribution is 0.0962. The third kappa shape index (κ3) is 5.02. The van der Waals surface area contributed by atoms with Gasteiger partial charge in [0.25, 0.3) is 5.91 Å². The molecule has 35 heavy (non-hydrogen) atoms. The van der Waals surface area contributed by atoms with Crippen LogP contribution in [0.3, 0.4) is 0 Å². The molecular weight excluding hydrogens is 453 g/mol. The summed E-state index contributed by atoms with van der Waals surface area (Å²) in [5.41, 5.74) is 4.18. The average molecular weight is 480 g/mol. The molecule has 0 fully saturated rings. The van der Waals surface area contributed by atoms with E-state index in [9.17, 15) is 9.18 Å². The number of benzene rings is 2. The number of carbonyl (C=O) groups excluding carboxylic acids is 1. The number of ether oxygens (including phenoxy) is 3. The van der Waals surface area contributed by atoms with Gasteiger partial charge in [0.2, 0.25) is 5.88 Å². The van der Waals surface area contributed by atoms with Crippen LogP contribution in [0.4, 0.5) is 10.1 Å². The van der Waals surface area contributed by atoms with Crippen LogP contribution in [0.5, 0.6) is 17.4 Å². The number of nitrogens with one attached hydrogen (secondary N) is 2. The van der Waals surface area contributed by atoms with Crippen LogP contribution in [-0.4, -0.2) is 54.9 Å². The Morgan fingerprint density at radius 2 is 1.97 bits per heavy atom. The summed E-state index contributed by atoms with van der Waals surface area (Å²) < 4.78 is 31.8. The van der Waals surface area contributed by atoms with E-state index in [1.54, 1.807) is 43.1 Å². The highest BCUT2D eigenvalue weighted by Crippen LogP contribution is 2.31. The molecule has 2 aromatic carbocycles. The molecule has 4 aromatic rings. The largest absolute Gasteiger partial charge is 0.494 e. The first-order valence-electron chi connectivity index (χ1n) is 10.9. The fourth-order valence-corrected chi connectivity index (χ4v) is 3.65. The highest BCUT2D eigenvalue weighted by molar-refractivity contribution is 5.96. The molecule has 0 aliphatic carbocycles. The average Bonchev–Trinajstić information content (AvgIpc) is 3.28. The van der Waals surface area contributed by atoms with E-state index in [4.69, 9.17) is 14.2 Å². The third-order valence-electron chi connectivity index (χ3n) is 5.41. The second-order valence-electron chi connectivity index (χ2n) is 7.70. The molecule has 0 bridgehead atoms. The Kier molecular flexibility index (Phi) is 7.11. The first-order chi connectivity index (χ1) is 16.9. The highest BCUT2D eigenvalue weighted by atomic mass is 19.1. The molecule has 0 aliphatic heterocycles. The molecule has 182 valence electrons. The number of fused-ring (bicyclic) bond motifs is 1. The number of nitrogens with zero attached hydrogens (tertiary/aromatic N) is 3. The van der Waals surface area contributed by atoms with Crippen molar-refractivity contribution in [2.24, 2.45) is 0 Å². The molecule has 0 saturated heterocycles. The lowest BCUT2D eigenvalue weighted by atomic mass is 10.0. The minimum absolute atomic E-state index is 0.121. The van der Waals surface area contributed by atoms with Gasteiger partial charge in [-0.1, -0.05) is 6.07 Å². The quantitative estimate of drug-likeness (QED) is 0.349. The number of carbonyl (C=O) groups is 1. The summed E-state index contributed by atoms with van der Waals surface area (Å²) in [5.74, 6) is -0.0719. The van der Waals surface area contributed by atoms with Crippen molar-refractivity contribution in [2.45, 2.75) is 6.92 Å². The first kappa shape index (κ1) is 24.0. The summed E-state index contributed by atoms with van der Waals surface area (Å²) in [6.07, 6.45) is 1.70. The zero-order valence-corrected chi connectivity index (χ0v) is 19.9. The van der Waals surface area contributed by atoms with E-state index in [-0.39, 0.29) is 23.3 Å². The number of amides is 1. The number of methoxy groups -OCH3 is 2. The van der Waals surface area contributed by atoms with Crippen molar-refractivity contribution in [3.8, 4) is 28.6 Å². The van der Waals surface area contributed by atoms with E-state index in [1.165, 1.54) is 19.2 Å². The van der Waals surface area contributed by atoms with Gasteiger partial charge >= 0.3 is 0 Å². The normalized spacial score (nSPS) is 10.9. The summed E-state index contributed by atoms with van der Waals surface area (Å²) in [4.78, 5) is 16.6. The molecule has 0 unspecified atom stereocenters. The summed E-state index contributed by atoms with van der Waals surface area (Å²) in [6, 6.07) is 11.5. The van der Waals surface area contributed by atoms with Crippen LogP contribution in [0.2, 0.25) is 0 Å². The summed E-state index contributed by atoms with van der Waals surface area (Å²) in [6.45, 7) is 2.90. The van der Waals surface area contributed by atoms with Crippen molar-refractivity contribution in [1.82, 2.24) is 19.9 Å². The Morgan fingerprint density at radius 3 is 2.66 bits per heavy atom. The van der Waals surface area contributed by atoms with Crippen LogP contribution in [0.15, 0.2) is 48.7 Å². The van der Waals surface area contributed by atoms with Crippen molar-refractivity contribution >= 4 is 17.2 Å². The minimum Gasteiger partial charge on any atom is -0.494 e. The Labute approximate surface area is 201 Å². The number of rotatable bonds is 9. The zero-order valence-electron chi connectivity index (χ0n) is 19.9. The molecular formula is C25H26FN5O4. The third-order valence-corrected chi connectivity index (χ3v) is 5.41. The molecule has 2 N–H and O–H groups in total. The number of halogens is 1. The van der Waals surface area contributed by atoms with E-state index >= 15 is 0 Å². The van der Waals surface area contributed by atoms with Crippen LogP contribution in [0.25, 0.3) is 16.9 Å². The smallest absolute Gasteiger partial charge is 0.251 e. The molecule has 10 heteroatoms. The number of hydrogen-bond acceptors (Lipinski definition) is 7. The summed E-state index contributed by atoms with van der Waals surface area (Å²) in [5, 5.41) is 10.5. The number of aryl methyl sites for hydroxylation is 1. The number of imidazole rings is 1. The van der Waals surface area contributed by atoms with Crippen LogP contribution < -0.4 is 20.1 Å². The number of aromatic nitrogens is 3. The molecule has 0 atom stereocenters. The molecule has 0 radical (unpaired) electrons. The maximum Gasteiger partial charge on any atom is 0.251 e. The first-order valence-corrected chi connectivity index (χ1v) is 10.9. The molecule has 2 aromatic heterocycles. The Balaban J connectivity index is 1.77. The molecule has 1 amide bonds. The van der Waals surface area contributed by atoms with Gasteiger partial charge in [0, 0.05) is 44.0 Å². The van der Waals surface area contributed by atoms with Crippen molar-refractivity contribution in [1.29, 1.82) is 0 Å². The Bertz CT molecular complexity index is 1370. The number of anilines is 1. The minimum atomic E-state index is -0.542. The second kappa shape index (κ2) is 10.4. The van der Waals surface area contributed by atoms with Gasteiger partial charge in [0.15, 0.2) is 17.2 Å². The zero-order chi connectivity index (χ0) is 24.9. The monoisotopic (exact) mass is 479 g/mol. The van der Waals surface area contributed by atoms with Gasteiger partial charge in [-0.3, -0.25) is 4.79 Å². The van der Waals surface area contributed by atoms with Gasteiger partial charge in [-0.25, -0.2) is 13.9 Å². The molecule has 9 nitrogen and oxygen atoms in total. The summed E-state index contributed by atoms with van der Waals surface area (Å²) >= 11 is 0. The maximum absolute atomic E-state index is 14.2. The van der Waals surface area contributed by atoms with E-state index < -0.39 is 5.82 Å². The topological polar surface area (TPSA) is 99.0 Å². The summed E-state index contributed by atoms with van der Waals surface area (Å²) in [7, 11) is 4.61. The Hall–Kier alpha value is -4.18. The standard InChI is InChI=1S/C25H26FN5O4/c1-15-11-16(5-7-18(15)25(32)27-2)21-14-29-24-20(28-9-10-33-3)13-23(30-31(21)24)35-17-6-8-22(34-4)19(26)12-17/h5-8,11-14,28H,9-10H2,1-4H3,(H,27,32). The van der Waals surface area contributed by atoms with E-state index in [2.05, 4.69) is 20.7 Å². The van der Waals surface area contributed by atoms with Gasteiger partial charge < -0.3 is 24.8 Å². The SMILES string of the molecule is CNC(=O)c1ccc(-c2cnc3c(NCCOC)cc(Oc4ccc(OC)c(F)c4)nn23)cc1C. The van der Waals surface area contributed by atoms with Crippen LogP contribution in [0, 0.1) is 12.7 Å². The predicted molar refractivity (Wildman–Crippen MR) is 130 cm³/mol. The second-order valence-corrected chi connectivity index (χ2v) is 7.70. The predicted octanol–water partition coefficient (Wildman–Crippen LogP) is 4.06. The molecule has 0 spiro atoms. The van der Waals surface area contributed by atoms with Gasteiger partial charge in [-0.2, -0.15) is 0 Å². The van der Waals surface area contributed by atoms with E-state index in [0.29, 0.717) is 35.7 Å². The fourth-order valence-electron chi connectivity index (χ4n) is 3.65. The van der Waals surface area contributed by atoms with Gasteiger partial charge in [0.1, 0.15) is 5.75 Å². The molecule has 0 saturated carbocycles. The van der Waals surface area contributed by atoms with Crippen LogP contribution >= 0.6 is 0 Å². The van der Waals surface area contributed by atoms with Crippen molar-refractivity contribution in [2.75, 3.05) is 39.7 Å².